The molecule has 0 aliphatic carbocycles. The summed E-state index contributed by atoms with van der Waals surface area (Å²) in [5.41, 5.74) is 3.44. The maximum absolute atomic E-state index is 12.5. The lowest BCUT2D eigenvalue weighted by Crippen LogP contribution is -2.21. The van der Waals surface area contributed by atoms with Gasteiger partial charge < -0.3 is 25.4 Å². The van der Waals surface area contributed by atoms with Gasteiger partial charge in [-0.3, -0.25) is 14.4 Å². The number of amides is 3. The lowest BCUT2D eigenvalue weighted by molar-refractivity contribution is -0.118. The van der Waals surface area contributed by atoms with Gasteiger partial charge in [-0.25, -0.2) is 0 Å². The molecule has 0 radical (unpaired) electrons. The van der Waals surface area contributed by atoms with Gasteiger partial charge in [0.05, 0.1) is 6.61 Å². The van der Waals surface area contributed by atoms with Gasteiger partial charge in [-0.05, 0) is 85.6 Å². The van der Waals surface area contributed by atoms with Crippen LogP contribution in [0.15, 0.2) is 66.7 Å². The monoisotopic (exact) mass is 459 g/mol. The van der Waals surface area contributed by atoms with Crippen LogP contribution in [0, 0.1) is 0 Å². The van der Waals surface area contributed by atoms with Crippen LogP contribution in [-0.4, -0.2) is 30.9 Å². The number of fused-ring (bicyclic) bond motifs is 1. The van der Waals surface area contributed by atoms with Gasteiger partial charge in [-0.2, -0.15) is 0 Å². The van der Waals surface area contributed by atoms with Gasteiger partial charge in [0.2, 0.25) is 5.91 Å². The summed E-state index contributed by atoms with van der Waals surface area (Å²) < 4.78 is 11.0. The first-order chi connectivity index (χ1) is 16.5. The molecule has 8 nitrogen and oxygen atoms in total. The van der Waals surface area contributed by atoms with Crippen molar-refractivity contribution in [3.63, 3.8) is 0 Å². The third-order valence-electron chi connectivity index (χ3n) is 5.20. The Labute approximate surface area is 197 Å². The second-order valence-electron chi connectivity index (χ2n) is 7.69. The second-order valence-corrected chi connectivity index (χ2v) is 7.69. The van der Waals surface area contributed by atoms with Crippen molar-refractivity contribution in [1.82, 2.24) is 0 Å². The van der Waals surface area contributed by atoms with E-state index < -0.39 is 0 Å². The van der Waals surface area contributed by atoms with Gasteiger partial charge >= 0.3 is 0 Å². The minimum atomic E-state index is -0.322. The lowest BCUT2D eigenvalue weighted by Gasteiger charge is -2.17. The van der Waals surface area contributed by atoms with E-state index in [0.717, 1.165) is 17.0 Å². The van der Waals surface area contributed by atoms with Crippen LogP contribution in [0.4, 0.5) is 17.1 Å². The van der Waals surface area contributed by atoms with Crippen LogP contribution in [0.5, 0.6) is 11.5 Å². The van der Waals surface area contributed by atoms with E-state index in [9.17, 15) is 14.4 Å². The first-order valence-corrected chi connectivity index (χ1v) is 11.0. The molecule has 8 heteroatoms. The zero-order valence-electron chi connectivity index (χ0n) is 18.7. The summed E-state index contributed by atoms with van der Waals surface area (Å²) in [6.45, 7) is 2.33. The molecule has 0 saturated carbocycles. The molecule has 0 aromatic heterocycles. The highest BCUT2D eigenvalue weighted by Gasteiger charge is 2.15. The molecule has 174 valence electrons. The molecular weight excluding hydrogens is 434 g/mol. The maximum atomic E-state index is 12.5. The van der Waals surface area contributed by atoms with Crippen LogP contribution >= 0.6 is 0 Å². The number of hydrogen-bond donors (Lipinski definition) is 3. The Hall–Kier alpha value is -4.33. The van der Waals surface area contributed by atoms with Crippen LogP contribution < -0.4 is 25.4 Å². The van der Waals surface area contributed by atoms with Crippen LogP contribution in [0.1, 0.15) is 29.3 Å². The highest BCUT2D eigenvalue weighted by atomic mass is 16.5. The number of carbonyl (C=O) groups excluding carboxylic acids is 3. The number of nitrogens with one attached hydrogen (secondary N) is 3. The van der Waals surface area contributed by atoms with Crippen molar-refractivity contribution in [1.29, 1.82) is 0 Å². The zero-order valence-corrected chi connectivity index (χ0v) is 18.7. The Morgan fingerprint density at radius 3 is 2.26 bits per heavy atom. The van der Waals surface area contributed by atoms with Gasteiger partial charge in [0.25, 0.3) is 11.8 Å². The molecule has 0 atom stereocenters. The molecule has 0 fully saturated rings. The number of rotatable bonds is 8. The molecule has 0 spiro atoms. The highest BCUT2D eigenvalue weighted by molar-refractivity contribution is 6.04. The van der Waals surface area contributed by atoms with Crippen molar-refractivity contribution in [2.24, 2.45) is 0 Å². The minimum absolute atomic E-state index is 0.000197. The summed E-state index contributed by atoms with van der Waals surface area (Å²) in [7, 11) is 0. The molecule has 1 aliphatic heterocycles. The molecule has 1 heterocycles. The Morgan fingerprint density at radius 2 is 1.53 bits per heavy atom. The Balaban J connectivity index is 1.27. The molecule has 3 amide bonds. The summed E-state index contributed by atoms with van der Waals surface area (Å²) >= 11 is 0. The second kappa shape index (κ2) is 10.5. The van der Waals surface area contributed by atoms with E-state index in [2.05, 4.69) is 16.0 Å². The van der Waals surface area contributed by atoms with E-state index >= 15 is 0 Å². The summed E-state index contributed by atoms with van der Waals surface area (Å²) in [6.07, 6.45) is 1.08. The fraction of sp³-hybridized carbons (Fsp3) is 0.192. The van der Waals surface area contributed by atoms with E-state index in [1.807, 2.05) is 13.0 Å². The van der Waals surface area contributed by atoms with E-state index in [0.29, 0.717) is 42.1 Å². The first-order valence-electron chi connectivity index (χ1n) is 11.0. The van der Waals surface area contributed by atoms with E-state index in [1.54, 1.807) is 60.7 Å². The van der Waals surface area contributed by atoms with Gasteiger partial charge in [0, 0.05) is 29.0 Å². The Kier molecular flexibility index (Phi) is 7.07. The molecule has 0 bridgehead atoms. The molecule has 0 saturated heterocycles. The largest absolute Gasteiger partial charge is 0.494 e. The number of ether oxygens (including phenoxy) is 2. The van der Waals surface area contributed by atoms with Crippen LogP contribution in [0.25, 0.3) is 0 Å². The van der Waals surface area contributed by atoms with Crippen LogP contribution in [0.2, 0.25) is 0 Å². The maximum Gasteiger partial charge on any atom is 0.262 e. The fourth-order valence-electron chi connectivity index (χ4n) is 3.50. The summed E-state index contributed by atoms with van der Waals surface area (Å²) in [4.78, 5) is 36.2. The quantitative estimate of drug-likeness (QED) is 0.467. The predicted molar refractivity (Wildman–Crippen MR) is 130 cm³/mol. The van der Waals surface area contributed by atoms with E-state index in [-0.39, 0.29) is 24.3 Å². The Bertz CT molecular complexity index is 1190. The number of carbonyl (C=O) groups is 3. The third kappa shape index (κ3) is 5.92. The minimum Gasteiger partial charge on any atom is -0.494 e. The molecule has 3 N–H and O–H groups in total. The van der Waals surface area contributed by atoms with Crippen molar-refractivity contribution in [2.45, 2.75) is 19.8 Å². The van der Waals surface area contributed by atoms with Crippen molar-refractivity contribution in [3.8, 4) is 11.5 Å². The number of hydrogen-bond acceptors (Lipinski definition) is 5. The van der Waals surface area contributed by atoms with Crippen molar-refractivity contribution < 1.29 is 23.9 Å². The molecule has 1 aliphatic rings. The van der Waals surface area contributed by atoms with Gasteiger partial charge in [-0.15, -0.1) is 0 Å². The standard InChI is InChI=1S/C26H25N3O5/c1-2-33-21-10-8-20(9-11-21)28-26(32)17-3-6-19(7-4-17)27-25(31)16-34-22-12-13-23-18(15-22)5-14-24(30)29-23/h3-4,6-13,15H,2,5,14,16H2,1H3,(H,27,31)(H,28,32)(H,29,30). The van der Waals surface area contributed by atoms with Gasteiger partial charge in [-0.1, -0.05) is 0 Å². The zero-order chi connectivity index (χ0) is 23.9. The summed E-state index contributed by atoms with van der Waals surface area (Å²) in [5.74, 6) is 0.725. The average Bonchev–Trinajstić information content (AvgIpc) is 2.84. The molecule has 3 aromatic carbocycles. The molecule has 3 aromatic rings. The fourth-order valence-corrected chi connectivity index (χ4v) is 3.50. The Morgan fingerprint density at radius 1 is 0.853 bits per heavy atom. The number of benzene rings is 3. The molecular formula is C26H25N3O5. The van der Waals surface area contributed by atoms with Crippen LogP contribution in [0.3, 0.4) is 0 Å². The van der Waals surface area contributed by atoms with Crippen molar-refractivity contribution in [3.05, 3.63) is 77.9 Å². The van der Waals surface area contributed by atoms with Crippen LogP contribution in [-0.2, 0) is 16.0 Å². The van der Waals surface area contributed by atoms with Crippen molar-refractivity contribution in [2.75, 3.05) is 29.2 Å². The normalized spacial score (nSPS) is 12.2. The summed E-state index contributed by atoms with van der Waals surface area (Å²) in [5, 5.41) is 8.38. The highest BCUT2D eigenvalue weighted by Crippen LogP contribution is 2.26. The number of anilines is 3. The first kappa shape index (κ1) is 22.8. The molecule has 34 heavy (non-hydrogen) atoms. The third-order valence-corrected chi connectivity index (χ3v) is 5.20. The lowest BCUT2D eigenvalue weighted by atomic mass is 10.0. The number of aryl methyl sites for hydroxylation is 1. The van der Waals surface area contributed by atoms with E-state index in [1.165, 1.54) is 0 Å². The van der Waals surface area contributed by atoms with E-state index in [4.69, 9.17) is 9.47 Å². The van der Waals surface area contributed by atoms with Gasteiger partial charge in [0.15, 0.2) is 6.61 Å². The van der Waals surface area contributed by atoms with Crippen molar-refractivity contribution >= 4 is 34.8 Å². The smallest absolute Gasteiger partial charge is 0.262 e. The topological polar surface area (TPSA) is 106 Å². The molecule has 4 rings (SSSR count). The molecule has 0 unspecified atom stereocenters. The SMILES string of the molecule is CCOc1ccc(NC(=O)c2ccc(NC(=O)COc3ccc4c(c3)CCC(=O)N4)cc2)cc1. The predicted octanol–water partition coefficient (Wildman–Crippen LogP) is 4.24. The van der Waals surface area contributed by atoms with Gasteiger partial charge in [0.1, 0.15) is 11.5 Å². The summed E-state index contributed by atoms with van der Waals surface area (Å²) in [6, 6.07) is 19.1. The average molecular weight is 460 g/mol.